The van der Waals surface area contributed by atoms with Crippen LogP contribution >= 0.6 is 0 Å². The Bertz CT molecular complexity index is 447. The summed E-state index contributed by atoms with van der Waals surface area (Å²) in [5, 5.41) is 2.19. The number of nitrogens with zero attached hydrogens (tertiary/aromatic N) is 1. The number of halogens is 1. The van der Waals surface area contributed by atoms with E-state index in [1.807, 2.05) is 0 Å². The molecule has 3 amide bonds. The predicted molar refractivity (Wildman–Crippen MR) is 55.1 cm³/mol. The Morgan fingerprint density at radius 1 is 1.44 bits per heavy atom. The standard InChI is InChI=1S/C11H11FN2O2/c1-7(8-3-2-4-9(12)5-8)14-6-10(15)13-11(14)16/h2-5,7H,6H2,1H3,(H,13,15,16). The second kappa shape index (κ2) is 3.92. The van der Waals surface area contributed by atoms with Crippen molar-refractivity contribution >= 4 is 11.9 Å². The van der Waals surface area contributed by atoms with Crippen molar-refractivity contribution in [2.75, 3.05) is 6.54 Å². The van der Waals surface area contributed by atoms with E-state index in [2.05, 4.69) is 5.32 Å². The first-order valence-corrected chi connectivity index (χ1v) is 4.94. The zero-order valence-electron chi connectivity index (χ0n) is 8.74. The van der Waals surface area contributed by atoms with Crippen LogP contribution in [0.1, 0.15) is 18.5 Å². The first-order chi connectivity index (χ1) is 7.58. The van der Waals surface area contributed by atoms with Crippen LogP contribution in [0.2, 0.25) is 0 Å². The molecule has 1 fully saturated rings. The van der Waals surface area contributed by atoms with Gasteiger partial charge in [0.2, 0.25) is 5.91 Å². The topological polar surface area (TPSA) is 49.4 Å². The van der Waals surface area contributed by atoms with Gasteiger partial charge in [-0.15, -0.1) is 0 Å². The van der Waals surface area contributed by atoms with Gasteiger partial charge in [0, 0.05) is 0 Å². The molecule has 0 saturated carbocycles. The Morgan fingerprint density at radius 2 is 2.19 bits per heavy atom. The minimum atomic E-state index is -0.429. The van der Waals surface area contributed by atoms with Crippen LogP contribution in [0.4, 0.5) is 9.18 Å². The second-order valence-corrected chi connectivity index (χ2v) is 3.71. The highest BCUT2D eigenvalue weighted by Crippen LogP contribution is 2.22. The number of hydrogen-bond acceptors (Lipinski definition) is 2. The number of nitrogens with one attached hydrogen (secondary N) is 1. The van der Waals surface area contributed by atoms with E-state index in [4.69, 9.17) is 0 Å². The van der Waals surface area contributed by atoms with Crippen LogP contribution < -0.4 is 5.32 Å². The van der Waals surface area contributed by atoms with Crippen LogP contribution in [0.15, 0.2) is 24.3 Å². The third-order valence-electron chi connectivity index (χ3n) is 2.62. The number of carbonyl (C=O) groups excluding carboxylic acids is 2. The number of rotatable bonds is 2. The van der Waals surface area contributed by atoms with Gasteiger partial charge in [-0.05, 0) is 24.6 Å². The van der Waals surface area contributed by atoms with Crippen LogP contribution in [0.3, 0.4) is 0 Å². The van der Waals surface area contributed by atoms with Crippen molar-refractivity contribution in [1.29, 1.82) is 0 Å². The summed E-state index contributed by atoms with van der Waals surface area (Å²) in [6.07, 6.45) is 0. The minimum Gasteiger partial charge on any atom is -0.308 e. The lowest BCUT2D eigenvalue weighted by molar-refractivity contribution is -0.118. The molecule has 16 heavy (non-hydrogen) atoms. The Kier molecular flexibility index (Phi) is 2.60. The molecular weight excluding hydrogens is 211 g/mol. The predicted octanol–water partition coefficient (Wildman–Crippen LogP) is 1.44. The molecule has 0 aliphatic carbocycles. The largest absolute Gasteiger partial charge is 0.325 e. The number of benzene rings is 1. The first kappa shape index (κ1) is 10.6. The molecule has 1 aliphatic rings. The van der Waals surface area contributed by atoms with E-state index in [1.54, 1.807) is 19.1 Å². The lowest BCUT2D eigenvalue weighted by Crippen LogP contribution is -2.30. The summed E-state index contributed by atoms with van der Waals surface area (Å²) in [6.45, 7) is 1.78. The van der Waals surface area contributed by atoms with E-state index in [0.29, 0.717) is 5.56 Å². The summed E-state index contributed by atoms with van der Waals surface area (Å²) in [4.78, 5) is 23.8. The van der Waals surface area contributed by atoms with Crippen LogP contribution in [0.25, 0.3) is 0 Å². The monoisotopic (exact) mass is 222 g/mol. The normalized spacial score (nSPS) is 17.5. The van der Waals surface area contributed by atoms with E-state index >= 15 is 0 Å². The van der Waals surface area contributed by atoms with Crippen molar-refractivity contribution < 1.29 is 14.0 Å². The Labute approximate surface area is 92.0 Å². The van der Waals surface area contributed by atoms with Crippen molar-refractivity contribution in [3.63, 3.8) is 0 Å². The molecule has 4 nitrogen and oxygen atoms in total. The number of hydrogen-bond donors (Lipinski definition) is 1. The van der Waals surface area contributed by atoms with Crippen LogP contribution in [-0.4, -0.2) is 23.4 Å². The molecule has 1 heterocycles. The number of amides is 3. The van der Waals surface area contributed by atoms with Gasteiger partial charge in [-0.2, -0.15) is 0 Å². The van der Waals surface area contributed by atoms with Gasteiger partial charge >= 0.3 is 6.03 Å². The van der Waals surface area contributed by atoms with Gasteiger partial charge in [0.25, 0.3) is 0 Å². The molecule has 0 aromatic heterocycles. The Morgan fingerprint density at radius 3 is 2.75 bits per heavy atom. The maximum Gasteiger partial charge on any atom is 0.325 e. The van der Waals surface area contributed by atoms with E-state index in [9.17, 15) is 14.0 Å². The van der Waals surface area contributed by atoms with Gasteiger partial charge in [0.15, 0.2) is 0 Å². The fourth-order valence-corrected chi connectivity index (χ4v) is 1.72. The smallest absolute Gasteiger partial charge is 0.308 e. The molecule has 0 bridgehead atoms. The van der Waals surface area contributed by atoms with Crippen molar-refractivity contribution in [3.8, 4) is 0 Å². The summed E-state index contributed by atoms with van der Waals surface area (Å²) in [7, 11) is 0. The highest BCUT2D eigenvalue weighted by Gasteiger charge is 2.31. The molecule has 0 radical (unpaired) electrons. The van der Waals surface area contributed by atoms with Gasteiger partial charge < -0.3 is 4.90 Å². The van der Waals surface area contributed by atoms with E-state index in [0.717, 1.165) is 0 Å². The Hall–Kier alpha value is -1.91. The lowest BCUT2D eigenvalue weighted by atomic mass is 10.1. The average molecular weight is 222 g/mol. The highest BCUT2D eigenvalue weighted by atomic mass is 19.1. The first-order valence-electron chi connectivity index (χ1n) is 4.94. The number of urea groups is 1. The number of imide groups is 1. The molecule has 84 valence electrons. The molecule has 2 rings (SSSR count). The van der Waals surface area contributed by atoms with Crippen LogP contribution in [0.5, 0.6) is 0 Å². The van der Waals surface area contributed by atoms with E-state index in [1.165, 1.54) is 17.0 Å². The molecule has 0 spiro atoms. The van der Waals surface area contributed by atoms with Crippen molar-refractivity contribution in [2.45, 2.75) is 13.0 Å². The van der Waals surface area contributed by atoms with E-state index < -0.39 is 6.03 Å². The summed E-state index contributed by atoms with van der Waals surface area (Å²) in [6, 6.07) is 5.26. The Balaban J connectivity index is 2.22. The summed E-state index contributed by atoms with van der Waals surface area (Å²) >= 11 is 0. The van der Waals surface area contributed by atoms with Gasteiger partial charge in [-0.1, -0.05) is 12.1 Å². The van der Waals surface area contributed by atoms with Crippen LogP contribution in [0, 0.1) is 5.82 Å². The summed E-state index contributed by atoms with van der Waals surface area (Å²) in [5.74, 6) is -0.677. The second-order valence-electron chi connectivity index (χ2n) is 3.71. The highest BCUT2D eigenvalue weighted by molar-refractivity contribution is 6.02. The molecule has 1 aromatic carbocycles. The summed E-state index contributed by atoms with van der Waals surface area (Å²) < 4.78 is 13.0. The van der Waals surface area contributed by atoms with Crippen molar-refractivity contribution in [1.82, 2.24) is 10.2 Å². The number of carbonyl (C=O) groups is 2. The molecule has 5 heteroatoms. The molecule has 1 unspecified atom stereocenters. The molecule has 1 aromatic rings. The molecule has 1 atom stereocenters. The zero-order valence-corrected chi connectivity index (χ0v) is 8.74. The van der Waals surface area contributed by atoms with Crippen LogP contribution in [-0.2, 0) is 4.79 Å². The van der Waals surface area contributed by atoms with Gasteiger partial charge in [-0.25, -0.2) is 9.18 Å². The van der Waals surface area contributed by atoms with Crippen molar-refractivity contribution in [2.24, 2.45) is 0 Å². The maximum atomic E-state index is 13.0. The fraction of sp³-hybridized carbons (Fsp3) is 0.273. The zero-order chi connectivity index (χ0) is 11.7. The molecule has 1 saturated heterocycles. The molecule has 1 N–H and O–H groups in total. The maximum absolute atomic E-state index is 13.0. The van der Waals surface area contributed by atoms with Gasteiger partial charge in [0.1, 0.15) is 12.4 Å². The van der Waals surface area contributed by atoms with E-state index in [-0.39, 0.29) is 24.3 Å². The quantitative estimate of drug-likeness (QED) is 0.770. The molecular formula is C11H11FN2O2. The summed E-state index contributed by atoms with van der Waals surface area (Å²) in [5.41, 5.74) is 0.671. The minimum absolute atomic E-state index is 0.0243. The lowest BCUT2D eigenvalue weighted by Gasteiger charge is -2.22. The van der Waals surface area contributed by atoms with Gasteiger partial charge in [0.05, 0.1) is 6.04 Å². The fourth-order valence-electron chi connectivity index (χ4n) is 1.72. The average Bonchev–Trinajstić information content (AvgIpc) is 2.57. The third-order valence-corrected chi connectivity index (χ3v) is 2.62. The van der Waals surface area contributed by atoms with Crippen molar-refractivity contribution in [3.05, 3.63) is 35.6 Å². The van der Waals surface area contributed by atoms with Gasteiger partial charge in [-0.3, -0.25) is 10.1 Å². The molecule has 1 aliphatic heterocycles. The SMILES string of the molecule is CC(c1cccc(F)c1)N1CC(=O)NC1=O. The third kappa shape index (κ3) is 1.88.